The summed E-state index contributed by atoms with van der Waals surface area (Å²) < 4.78 is 17.0. The minimum absolute atomic E-state index is 0.0208. The van der Waals surface area contributed by atoms with Crippen molar-refractivity contribution in [3.63, 3.8) is 0 Å². The lowest BCUT2D eigenvalue weighted by molar-refractivity contribution is -0.143. The molecule has 43 heavy (non-hydrogen) atoms. The predicted octanol–water partition coefficient (Wildman–Crippen LogP) is 4.54. The van der Waals surface area contributed by atoms with Crippen LogP contribution in [0.5, 0.6) is 0 Å². The van der Waals surface area contributed by atoms with Crippen LogP contribution in [-0.2, 0) is 36.7 Å². The number of ketones is 1. The van der Waals surface area contributed by atoms with Gasteiger partial charge < -0.3 is 19.2 Å². The van der Waals surface area contributed by atoms with E-state index in [9.17, 15) is 19.2 Å². The van der Waals surface area contributed by atoms with Crippen LogP contribution in [0.2, 0.25) is 13.1 Å². The molecule has 0 aliphatic carbocycles. The Hall–Kier alpha value is -3.70. The highest BCUT2D eigenvalue weighted by atomic mass is 28.3. The molecule has 0 unspecified atom stereocenters. The largest absolute Gasteiger partial charge is 0.443 e. The average Bonchev–Trinajstić information content (AvgIpc) is 3.43. The molecule has 0 aromatic heterocycles. The van der Waals surface area contributed by atoms with Crippen LogP contribution in [0.3, 0.4) is 0 Å². The fourth-order valence-electron chi connectivity index (χ4n) is 5.48. The number of carbonyl (C=O) groups is 4. The zero-order valence-corrected chi connectivity index (χ0v) is 26.8. The molecular formula is C32H43N3O7Si. The number of amides is 3. The summed E-state index contributed by atoms with van der Waals surface area (Å²) in [4.78, 5) is 52.7. The van der Waals surface area contributed by atoms with Gasteiger partial charge in [0.2, 0.25) is 5.91 Å². The summed E-state index contributed by atoms with van der Waals surface area (Å²) in [5.74, 6) is -1.26. The van der Waals surface area contributed by atoms with Crippen molar-refractivity contribution < 1.29 is 33.1 Å². The van der Waals surface area contributed by atoms with Gasteiger partial charge in [0.05, 0.1) is 24.9 Å². The Morgan fingerprint density at radius 2 is 1.37 bits per heavy atom. The number of nitrogens with one attached hydrogen (secondary N) is 1. The zero-order valence-electron chi connectivity index (χ0n) is 25.7. The molecule has 2 heterocycles. The molecule has 0 bridgehead atoms. The number of nitrogens with zero attached hydrogens (tertiary/aromatic N) is 2. The quantitative estimate of drug-likeness (QED) is 0.294. The predicted molar refractivity (Wildman–Crippen MR) is 163 cm³/mol. The van der Waals surface area contributed by atoms with E-state index in [2.05, 4.69) is 39.2 Å². The van der Waals surface area contributed by atoms with Crippen LogP contribution in [0.25, 0.3) is 0 Å². The summed E-state index contributed by atoms with van der Waals surface area (Å²) in [5, 5.41) is 5.21. The molecule has 1 N–H and O–H groups in total. The first-order valence-corrected chi connectivity index (χ1v) is 17.6. The van der Waals surface area contributed by atoms with Crippen LogP contribution >= 0.6 is 0 Å². The lowest BCUT2D eigenvalue weighted by Crippen LogP contribution is -2.64. The third kappa shape index (κ3) is 8.44. The van der Waals surface area contributed by atoms with E-state index in [4.69, 9.17) is 13.9 Å². The maximum atomic E-state index is 13.6. The van der Waals surface area contributed by atoms with Crippen LogP contribution in [0.4, 0.5) is 9.59 Å². The van der Waals surface area contributed by atoms with Crippen LogP contribution in [-0.4, -0.2) is 68.7 Å². The van der Waals surface area contributed by atoms with Gasteiger partial charge in [0.15, 0.2) is 9.04 Å². The maximum Gasteiger partial charge on any atom is 0.429 e. The average molecular weight is 610 g/mol. The standard InChI is InChI=1S/C32H43N3O7Si/c1-32(2,3)25(21-42-43(4)5)28-26(33-29(28)37)16-27(36)24-17-34(30(38)40-19-22-12-8-6-9-13-22)35(18-24)31(39)41-20-23-14-10-7-11-15-23/h6-15,24-26,28,43H,16-21H2,1-5H3,(H,33,37)/t25-,26-,28+/m1/s1. The molecule has 11 heteroatoms. The fraction of sp³-hybridized carbons (Fsp3) is 0.500. The second-order valence-electron chi connectivity index (χ2n) is 12.6. The summed E-state index contributed by atoms with van der Waals surface area (Å²) >= 11 is 0. The van der Waals surface area contributed by atoms with Crippen molar-refractivity contribution in [2.75, 3.05) is 19.7 Å². The lowest BCUT2D eigenvalue weighted by atomic mass is 9.66. The second kappa shape index (κ2) is 14.2. The monoisotopic (exact) mass is 609 g/mol. The number of β-lactam (4-membered cyclic amide) rings is 1. The van der Waals surface area contributed by atoms with Crippen molar-refractivity contribution in [1.82, 2.24) is 15.3 Å². The fourth-order valence-corrected chi connectivity index (χ4v) is 6.07. The maximum absolute atomic E-state index is 13.6. The number of ether oxygens (including phenoxy) is 2. The number of benzene rings is 2. The van der Waals surface area contributed by atoms with Gasteiger partial charge in [0, 0.05) is 19.1 Å². The first-order chi connectivity index (χ1) is 20.4. The number of carbonyl (C=O) groups excluding carboxylic acids is 4. The number of hydrogen-bond donors (Lipinski definition) is 1. The third-order valence-electron chi connectivity index (χ3n) is 8.01. The Morgan fingerprint density at radius 3 is 1.79 bits per heavy atom. The number of Topliss-reactive ketones (excluding diaryl/α,β-unsaturated/α-hetero) is 1. The summed E-state index contributed by atoms with van der Waals surface area (Å²) in [6.45, 7) is 10.9. The van der Waals surface area contributed by atoms with E-state index in [0.29, 0.717) is 6.61 Å². The molecule has 232 valence electrons. The molecule has 2 aromatic carbocycles. The third-order valence-corrected chi connectivity index (χ3v) is 8.86. The van der Waals surface area contributed by atoms with Gasteiger partial charge in [-0.2, -0.15) is 0 Å². The van der Waals surface area contributed by atoms with E-state index in [1.165, 1.54) is 0 Å². The molecule has 0 saturated carbocycles. The molecule has 0 spiro atoms. The van der Waals surface area contributed by atoms with Crippen LogP contribution < -0.4 is 5.32 Å². The SMILES string of the molecule is C[SiH](C)OC[C@H]([C@@H]1C(=O)N[C@@H]1CC(=O)C1CN(C(=O)OCc2ccccc2)N(C(=O)OCc2ccccc2)C1)C(C)(C)C. The highest BCUT2D eigenvalue weighted by Gasteiger charge is 2.50. The van der Waals surface area contributed by atoms with E-state index in [1.807, 2.05) is 60.7 Å². The van der Waals surface area contributed by atoms with Gasteiger partial charge >= 0.3 is 12.2 Å². The molecule has 2 aliphatic rings. The first-order valence-electron chi connectivity index (χ1n) is 14.8. The number of hydrazine groups is 1. The summed E-state index contributed by atoms with van der Waals surface area (Å²) in [5.41, 5.74) is 1.40. The molecule has 3 amide bonds. The Balaban J connectivity index is 1.44. The van der Waals surface area contributed by atoms with E-state index >= 15 is 0 Å². The second-order valence-corrected chi connectivity index (χ2v) is 15.0. The van der Waals surface area contributed by atoms with E-state index in [0.717, 1.165) is 21.1 Å². The van der Waals surface area contributed by atoms with Crippen LogP contribution in [0, 0.1) is 23.2 Å². The van der Waals surface area contributed by atoms with Crippen molar-refractivity contribution in [1.29, 1.82) is 0 Å². The molecule has 3 atom stereocenters. The molecule has 2 fully saturated rings. The molecule has 10 nitrogen and oxygen atoms in total. The molecule has 2 aromatic rings. The van der Waals surface area contributed by atoms with Crippen LogP contribution in [0.15, 0.2) is 60.7 Å². The first kappa shape index (κ1) is 32.2. The Bertz CT molecular complexity index is 1210. The van der Waals surface area contributed by atoms with Crippen molar-refractivity contribution in [2.24, 2.45) is 23.2 Å². The van der Waals surface area contributed by atoms with Crippen molar-refractivity contribution in [3.05, 3.63) is 71.8 Å². The Morgan fingerprint density at radius 1 is 0.884 bits per heavy atom. The molecular weight excluding hydrogens is 566 g/mol. The van der Waals surface area contributed by atoms with Crippen molar-refractivity contribution in [3.8, 4) is 0 Å². The van der Waals surface area contributed by atoms with Crippen LogP contribution in [0.1, 0.15) is 38.3 Å². The van der Waals surface area contributed by atoms with E-state index in [1.54, 1.807) is 0 Å². The number of rotatable bonds is 11. The minimum atomic E-state index is -1.30. The highest BCUT2D eigenvalue weighted by molar-refractivity contribution is 6.48. The smallest absolute Gasteiger partial charge is 0.429 e. The number of hydrogen-bond acceptors (Lipinski definition) is 7. The molecule has 2 saturated heterocycles. The van der Waals surface area contributed by atoms with Gasteiger partial charge in [-0.1, -0.05) is 81.4 Å². The van der Waals surface area contributed by atoms with Gasteiger partial charge in [0.25, 0.3) is 0 Å². The van der Waals surface area contributed by atoms with Gasteiger partial charge in [-0.05, 0) is 35.6 Å². The highest BCUT2D eigenvalue weighted by Crippen LogP contribution is 2.39. The Labute approximate surface area is 255 Å². The van der Waals surface area contributed by atoms with Crippen molar-refractivity contribution in [2.45, 2.75) is 59.5 Å². The topological polar surface area (TPSA) is 114 Å². The molecule has 4 rings (SSSR count). The van der Waals surface area contributed by atoms with E-state index < -0.39 is 27.1 Å². The molecule has 0 radical (unpaired) electrons. The molecule has 2 aliphatic heterocycles. The lowest BCUT2D eigenvalue weighted by Gasteiger charge is -2.46. The van der Waals surface area contributed by atoms with Crippen molar-refractivity contribution >= 4 is 32.9 Å². The summed E-state index contributed by atoms with van der Waals surface area (Å²) in [6, 6.07) is 18.1. The van der Waals surface area contributed by atoms with Gasteiger partial charge in [-0.25, -0.2) is 19.6 Å². The Kier molecular flexibility index (Phi) is 10.6. The zero-order chi connectivity index (χ0) is 31.1. The van der Waals surface area contributed by atoms with E-state index in [-0.39, 0.29) is 67.7 Å². The van der Waals surface area contributed by atoms with Gasteiger partial charge in [-0.3, -0.25) is 9.59 Å². The summed E-state index contributed by atoms with van der Waals surface area (Å²) in [7, 11) is -1.30. The summed E-state index contributed by atoms with van der Waals surface area (Å²) in [6.07, 6.45) is -1.38. The van der Waals surface area contributed by atoms with Gasteiger partial charge in [0.1, 0.15) is 19.0 Å². The normalized spacial score (nSPS) is 19.5. The minimum Gasteiger partial charge on any atom is -0.443 e. The van der Waals surface area contributed by atoms with Gasteiger partial charge in [-0.15, -0.1) is 0 Å².